The van der Waals surface area contributed by atoms with Crippen LogP contribution in [0.2, 0.25) is 0 Å². The minimum absolute atomic E-state index is 0.120. The van der Waals surface area contributed by atoms with Crippen molar-refractivity contribution in [3.8, 4) is 0 Å². The van der Waals surface area contributed by atoms with Crippen LogP contribution in [0.5, 0.6) is 0 Å². The van der Waals surface area contributed by atoms with Gasteiger partial charge < -0.3 is 4.74 Å². The fourth-order valence-electron chi connectivity index (χ4n) is 4.49. The molecule has 1 N–H and O–H groups in total. The fraction of sp³-hybridized carbons (Fsp3) is 0.458. The monoisotopic (exact) mass is 486 g/mol. The number of ether oxygens (including phenoxy) is 1. The van der Waals surface area contributed by atoms with Crippen molar-refractivity contribution in [3.63, 3.8) is 0 Å². The van der Waals surface area contributed by atoms with Crippen molar-refractivity contribution >= 4 is 27.1 Å². The van der Waals surface area contributed by atoms with Gasteiger partial charge in [-0.3, -0.25) is 15.5 Å². The Bertz CT molecular complexity index is 1150. The SMILES string of the molecule is CC(=NNc1ccc(S(=O)(=O)N2CCOCC2)cc1[N+](=O)[O-])c1ccc(C2CCCCC2)cc1. The third kappa shape index (κ3) is 5.45. The molecule has 0 bridgehead atoms. The van der Waals surface area contributed by atoms with Gasteiger partial charge in [-0.2, -0.15) is 9.41 Å². The summed E-state index contributed by atoms with van der Waals surface area (Å²) in [6.07, 6.45) is 6.34. The lowest BCUT2D eigenvalue weighted by atomic mass is 9.84. The van der Waals surface area contributed by atoms with E-state index in [-0.39, 0.29) is 29.4 Å². The molecule has 1 heterocycles. The van der Waals surface area contributed by atoms with Gasteiger partial charge in [-0.1, -0.05) is 43.5 Å². The Morgan fingerprint density at radius 3 is 2.41 bits per heavy atom. The largest absolute Gasteiger partial charge is 0.379 e. The Labute approximate surface area is 200 Å². The quantitative estimate of drug-likeness (QED) is 0.350. The van der Waals surface area contributed by atoms with Crippen molar-refractivity contribution < 1.29 is 18.1 Å². The number of nitro groups is 1. The predicted molar refractivity (Wildman–Crippen MR) is 131 cm³/mol. The molecule has 1 saturated carbocycles. The summed E-state index contributed by atoms with van der Waals surface area (Å²) in [5.41, 5.74) is 5.46. The lowest BCUT2D eigenvalue weighted by Crippen LogP contribution is -2.40. The lowest BCUT2D eigenvalue weighted by Gasteiger charge is -2.26. The molecule has 2 aromatic carbocycles. The van der Waals surface area contributed by atoms with E-state index in [1.54, 1.807) is 0 Å². The standard InChI is InChI=1S/C24H30N4O5S/c1-18(19-7-9-21(10-8-19)20-5-3-2-4-6-20)25-26-23-12-11-22(17-24(23)28(29)30)34(31,32)27-13-15-33-16-14-27/h7-12,17,20,26H,2-6,13-16H2,1H3. The molecule has 1 aliphatic heterocycles. The number of benzene rings is 2. The summed E-state index contributed by atoms with van der Waals surface area (Å²) >= 11 is 0. The van der Waals surface area contributed by atoms with Crippen molar-refractivity contribution in [1.82, 2.24) is 4.31 Å². The maximum Gasteiger partial charge on any atom is 0.295 e. The van der Waals surface area contributed by atoms with Crippen LogP contribution in [0.25, 0.3) is 0 Å². The first-order valence-electron chi connectivity index (χ1n) is 11.6. The van der Waals surface area contributed by atoms with E-state index in [0.717, 1.165) is 11.6 Å². The average Bonchev–Trinajstić information content (AvgIpc) is 2.88. The highest BCUT2D eigenvalue weighted by molar-refractivity contribution is 7.89. The number of sulfonamides is 1. The van der Waals surface area contributed by atoms with Crippen LogP contribution in [-0.2, 0) is 14.8 Å². The van der Waals surface area contributed by atoms with E-state index in [4.69, 9.17) is 4.74 Å². The third-order valence-corrected chi connectivity index (χ3v) is 8.42. The zero-order chi connectivity index (χ0) is 24.1. The zero-order valence-corrected chi connectivity index (χ0v) is 20.1. The molecular formula is C24H30N4O5S. The number of rotatable bonds is 7. The summed E-state index contributed by atoms with van der Waals surface area (Å²) in [5.74, 6) is 0.619. The number of nitrogens with zero attached hydrogens (tertiary/aromatic N) is 3. The van der Waals surface area contributed by atoms with Gasteiger partial charge in [0.1, 0.15) is 5.69 Å². The van der Waals surface area contributed by atoms with Gasteiger partial charge in [-0.15, -0.1) is 0 Å². The number of morpholine rings is 1. The van der Waals surface area contributed by atoms with E-state index < -0.39 is 14.9 Å². The van der Waals surface area contributed by atoms with Crippen LogP contribution in [0, 0.1) is 10.1 Å². The highest BCUT2D eigenvalue weighted by Gasteiger charge is 2.29. The van der Waals surface area contributed by atoms with Crippen LogP contribution in [0.4, 0.5) is 11.4 Å². The Kier molecular flexibility index (Phi) is 7.60. The van der Waals surface area contributed by atoms with Crippen LogP contribution in [0.3, 0.4) is 0 Å². The van der Waals surface area contributed by atoms with Gasteiger partial charge in [0.15, 0.2) is 0 Å². The maximum atomic E-state index is 12.9. The summed E-state index contributed by atoms with van der Waals surface area (Å²) in [7, 11) is -3.84. The molecule has 182 valence electrons. The third-order valence-electron chi connectivity index (χ3n) is 6.52. The van der Waals surface area contributed by atoms with Crippen LogP contribution >= 0.6 is 0 Å². The molecule has 2 aliphatic rings. The Morgan fingerprint density at radius 2 is 1.76 bits per heavy atom. The van der Waals surface area contributed by atoms with Crippen LogP contribution in [0.15, 0.2) is 52.5 Å². The highest BCUT2D eigenvalue weighted by Crippen LogP contribution is 2.33. The van der Waals surface area contributed by atoms with Crippen LogP contribution in [-0.4, -0.2) is 49.7 Å². The first-order chi connectivity index (χ1) is 16.4. The van der Waals surface area contributed by atoms with Gasteiger partial charge in [-0.05, 0) is 48.9 Å². The second kappa shape index (κ2) is 10.6. The van der Waals surface area contributed by atoms with Crippen molar-refractivity contribution in [2.24, 2.45) is 5.10 Å². The molecule has 9 nitrogen and oxygen atoms in total. The molecule has 0 radical (unpaired) electrons. The lowest BCUT2D eigenvalue weighted by molar-refractivity contribution is -0.384. The van der Waals surface area contributed by atoms with E-state index in [2.05, 4.69) is 22.7 Å². The smallest absolute Gasteiger partial charge is 0.295 e. The molecule has 0 unspecified atom stereocenters. The molecule has 2 aromatic rings. The minimum Gasteiger partial charge on any atom is -0.379 e. The number of hydrazone groups is 1. The maximum absolute atomic E-state index is 12.9. The fourth-order valence-corrected chi connectivity index (χ4v) is 5.92. The first kappa shape index (κ1) is 24.3. The van der Waals surface area contributed by atoms with Gasteiger partial charge in [0.05, 0.1) is 28.7 Å². The van der Waals surface area contributed by atoms with Crippen molar-refractivity contribution in [3.05, 3.63) is 63.7 Å². The van der Waals surface area contributed by atoms with Gasteiger partial charge in [0.25, 0.3) is 5.69 Å². The molecule has 1 saturated heterocycles. The zero-order valence-electron chi connectivity index (χ0n) is 19.3. The molecule has 0 aromatic heterocycles. The Morgan fingerprint density at radius 1 is 1.09 bits per heavy atom. The minimum atomic E-state index is -3.84. The average molecular weight is 487 g/mol. The van der Waals surface area contributed by atoms with E-state index in [1.807, 2.05) is 19.1 Å². The Hall–Kier alpha value is -2.82. The molecule has 0 amide bonds. The summed E-state index contributed by atoms with van der Waals surface area (Å²) in [6, 6.07) is 12.2. The van der Waals surface area contributed by atoms with Crippen LogP contribution < -0.4 is 5.43 Å². The number of anilines is 1. The predicted octanol–water partition coefficient (Wildman–Crippen LogP) is 4.50. The topological polar surface area (TPSA) is 114 Å². The molecule has 0 atom stereocenters. The summed E-state index contributed by atoms with van der Waals surface area (Å²) in [5, 5.41) is 16.0. The Balaban J connectivity index is 1.51. The molecule has 4 rings (SSSR count). The first-order valence-corrected chi connectivity index (χ1v) is 13.1. The van der Waals surface area contributed by atoms with Gasteiger partial charge in [0, 0.05) is 19.2 Å². The van der Waals surface area contributed by atoms with Crippen molar-refractivity contribution in [1.29, 1.82) is 0 Å². The normalized spacial score (nSPS) is 18.6. The van der Waals surface area contributed by atoms with E-state index in [0.29, 0.717) is 24.8 Å². The second-order valence-corrected chi connectivity index (χ2v) is 10.7. The number of hydrogen-bond acceptors (Lipinski definition) is 7. The summed E-state index contributed by atoms with van der Waals surface area (Å²) < 4.78 is 32.2. The number of hydrogen-bond donors (Lipinski definition) is 1. The molecule has 34 heavy (non-hydrogen) atoms. The van der Waals surface area contributed by atoms with E-state index in [9.17, 15) is 18.5 Å². The van der Waals surface area contributed by atoms with Gasteiger partial charge >= 0.3 is 0 Å². The van der Waals surface area contributed by atoms with Crippen molar-refractivity contribution in [2.45, 2.75) is 49.8 Å². The van der Waals surface area contributed by atoms with E-state index >= 15 is 0 Å². The summed E-state index contributed by atoms with van der Waals surface area (Å²) in [4.78, 5) is 10.9. The molecule has 2 fully saturated rings. The second-order valence-electron chi connectivity index (χ2n) is 8.72. The van der Waals surface area contributed by atoms with E-state index in [1.165, 1.54) is 54.1 Å². The highest BCUT2D eigenvalue weighted by atomic mass is 32.2. The molecular weight excluding hydrogens is 456 g/mol. The molecule has 10 heteroatoms. The van der Waals surface area contributed by atoms with Gasteiger partial charge in [0.2, 0.25) is 10.0 Å². The number of nitro benzene ring substituents is 1. The number of nitrogens with one attached hydrogen (secondary N) is 1. The summed E-state index contributed by atoms with van der Waals surface area (Å²) in [6.45, 7) is 2.87. The molecule has 0 spiro atoms. The van der Waals surface area contributed by atoms with Gasteiger partial charge in [-0.25, -0.2) is 8.42 Å². The van der Waals surface area contributed by atoms with Crippen LogP contribution in [0.1, 0.15) is 56.1 Å². The van der Waals surface area contributed by atoms with Crippen molar-refractivity contribution in [2.75, 3.05) is 31.7 Å². The molecule has 1 aliphatic carbocycles.